The highest BCUT2D eigenvalue weighted by Gasteiger charge is 2.08. The summed E-state index contributed by atoms with van der Waals surface area (Å²) >= 11 is 17.6. The average molecular weight is 277 g/mol. The molecule has 0 radical (unpaired) electrons. The Bertz CT molecular complexity index is 519. The molecular weight excluding hydrogens is 271 g/mol. The van der Waals surface area contributed by atoms with E-state index in [1.165, 1.54) is 12.3 Å². The minimum atomic E-state index is -0.417. The van der Waals surface area contributed by atoms with Crippen molar-refractivity contribution >= 4 is 34.8 Å². The van der Waals surface area contributed by atoms with E-state index in [1.54, 1.807) is 12.1 Å². The van der Waals surface area contributed by atoms with Crippen LogP contribution in [0.4, 0.5) is 4.39 Å². The molecule has 0 saturated carbocycles. The highest BCUT2D eigenvalue weighted by molar-refractivity contribution is 6.48. The Morgan fingerprint density at radius 1 is 0.875 bits per heavy atom. The van der Waals surface area contributed by atoms with Gasteiger partial charge < -0.3 is 0 Å². The summed E-state index contributed by atoms with van der Waals surface area (Å²) in [5.41, 5.74) is 1.27. The second-order valence-corrected chi connectivity index (χ2v) is 4.34. The maximum Gasteiger partial charge on any atom is 0.142 e. The standard InChI is InChI=1S/C11H5Cl3FN/c12-9-2-6(3-10(13)11(9)14)7-1-8(15)5-16-4-7/h1-5H. The van der Waals surface area contributed by atoms with E-state index >= 15 is 0 Å². The van der Waals surface area contributed by atoms with Crippen molar-refractivity contribution < 1.29 is 4.39 Å². The molecule has 1 aromatic heterocycles. The first-order valence-electron chi connectivity index (χ1n) is 4.33. The van der Waals surface area contributed by atoms with E-state index in [9.17, 15) is 4.39 Å². The van der Waals surface area contributed by atoms with Gasteiger partial charge >= 0.3 is 0 Å². The monoisotopic (exact) mass is 275 g/mol. The van der Waals surface area contributed by atoms with E-state index in [-0.39, 0.29) is 5.02 Å². The number of halogens is 4. The summed E-state index contributed by atoms with van der Waals surface area (Å²) in [6, 6.07) is 4.58. The van der Waals surface area contributed by atoms with Crippen LogP contribution < -0.4 is 0 Å². The van der Waals surface area contributed by atoms with Gasteiger partial charge in [0.1, 0.15) is 5.82 Å². The number of hydrogen-bond acceptors (Lipinski definition) is 1. The van der Waals surface area contributed by atoms with Crippen molar-refractivity contribution in [1.82, 2.24) is 4.98 Å². The van der Waals surface area contributed by atoms with Crippen LogP contribution in [0, 0.1) is 5.82 Å². The third-order valence-electron chi connectivity index (χ3n) is 2.02. The van der Waals surface area contributed by atoms with Crippen LogP contribution in [-0.2, 0) is 0 Å². The smallest absolute Gasteiger partial charge is 0.142 e. The highest BCUT2D eigenvalue weighted by Crippen LogP contribution is 2.34. The van der Waals surface area contributed by atoms with Crippen LogP contribution >= 0.6 is 34.8 Å². The molecule has 0 aliphatic carbocycles. The van der Waals surface area contributed by atoms with Crippen molar-refractivity contribution in [3.05, 3.63) is 51.5 Å². The zero-order valence-electron chi connectivity index (χ0n) is 7.85. The number of rotatable bonds is 1. The fraction of sp³-hybridized carbons (Fsp3) is 0. The summed E-state index contributed by atoms with van der Waals surface area (Å²) in [5, 5.41) is 0.943. The van der Waals surface area contributed by atoms with Gasteiger partial charge in [-0.2, -0.15) is 0 Å². The molecule has 0 saturated heterocycles. The van der Waals surface area contributed by atoms with Crippen LogP contribution in [0.3, 0.4) is 0 Å². The van der Waals surface area contributed by atoms with Crippen LogP contribution in [-0.4, -0.2) is 4.98 Å². The van der Waals surface area contributed by atoms with Crippen LogP contribution in [0.25, 0.3) is 11.1 Å². The van der Waals surface area contributed by atoms with E-state index in [1.807, 2.05) is 0 Å². The van der Waals surface area contributed by atoms with Gasteiger partial charge in [0.05, 0.1) is 21.3 Å². The summed E-state index contributed by atoms with van der Waals surface area (Å²) in [6.07, 6.45) is 2.65. The van der Waals surface area contributed by atoms with Gasteiger partial charge in [0, 0.05) is 11.8 Å². The second-order valence-electron chi connectivity index (χ2n) is 3.15. The summed E-state index contributed by atoms with van der Waals surface area (Å²) in [7, 11) is 0. The SMILES string of the molecule is Fc1cncc(-c2cc(Cl)c(Cl)c(Cl)c2)c1. The molecule has 2 rings (SSSR count). The van der Waals surface area contributed by atoms with Crippen molar-refractivity contribution in [2.75, 3.05) is 0 Å². The lowest BCUT2D eigenvalue weighted by Crippen LogP contribution is -1.84. The first-order chi connectivity index (χ1) is 7.58. The van der Waals surface area contributed by atoms with Gasteiger partial charge in [-0.25, -0.2) is 4.39 Å². The van der Waals surface area contributed by atoms with E-state index in [0.717, 1.165) is 6.20 Å². The van der Waals surface area contributed by atoms with Gasteiger partial charge in [-0.05, 0) is 23.8 Å². The number of aromatic nitrogens is 1. The Balaban J connectivity index is 2.57. The molecular formula is C11H5Cl3FN. The molecule has 0 unspecified atom stereocenters. The third kappa shape index (κ3) is 2.29. The molecule has 0 amide bonds. The Morgan fingerprint density at radius 2 is 1.50 bits per heavy atom. The molecule has 1 heterocycles. The second kappa shape index (κ2) is 4.58. The molecule has 0 fully saturated rings. The van der Waals surface area contributed by atoms with Crippen molar-refractivity contribution in [2.24, 2.45) is 0 Å². The lowest BCUT2D eigenvalue weighted by Gasteiger charge is -2.05. The first-order valence-corrected chi connectivity index (χ1v) is 5.47. The molecule has 0 N–H and O–H groups in total. The molecule has 2 aromatic rings. The fourth-order valence-electron chi connectivity index (χ4n) is 1.29. The molecule has 0 spiro atoms. The largest absolute Gasteiger partial charge is 0.261 e. The number of benzene rings is 1. The molecule has 1 aromatic carbocycles. The number of pyridine rings is 1. The number of nitrogens with zero attached hydrogens (tertiary/aromatic N) is 1. The molecule has 0 bridgehead atoms. The summed E-state index contributed by atoms with van der Waals surface area (Å²) < 4.78 is 13.0. The average Bonchev–Trinajstić information content (AvgIpc) is 2.25. The predicted molar refractivity (Wildman–Crippen MR) is 64.7 cm³/mol. The molecule has 0 atom stereocenters. The van der Waals surface area contributed by atoms with E-state index in [4.69, 9.17) is 34.8 Å². The highest BCUT2D eigenvalue weighted by atomic mass is 35.5. The maximum absolute atomic E-state index is 13.0. The Morgan fingerprint density at radius 3 is 2.06 bits per heavy atom. The fourth-order valence-corrected chi connectivity index (χ4v) is 1.89. The van der Waals surface area contributed by atoms with Gasteiger partial charge in [-0.15, -0.1) is 0 Å². The van der Waals surface area contributed by atoms with Crippen LogP contribution in [0.2, 0.25) is 15.1 Å². The summed E-state index contributed by atoms with van der Waals surface area (Å²) in [4.78, 5) is 3.75. The molecule has 82 valence electrons. The molecule has 5 heteroatoms. The van der Waals surface area contributed by atoms with Crippen molar-refractivity contribution in [3.8, 4) is 11.1 Å². The zero-order chi connectivity index (χ0) is 11.7. The van der Waals surface area contributed by atoms with E-state index < -0.39 is 5.82 Å². The van der Waals surface area contributed by atoms with Gasteiger partial charge in [0.15, 0.2) is 0 Å². The summed E-state index contributed by atoms with van der Waals surface area (Å²) in [6.45, 7) is 0. The molecule has 16 heavy (non-hydrogen) atoms. The van der Waals surface area contributed by atoms with Crippen LogP contribution in [0.15, 0.2) is 30.6 Å². The Hall–Kier alpha value is -0.830. The van der Waals surface area contributed by atoms with E-state index in [2.05, 4.69) is 4.98 Å². The quantitative estimate of drug-likeness (QED) is 0.679. The van der Waals surface area contributed by atoms with Crippen molar-refractivity contribution in [3.63, 3.8) is 0 Å². The molecule has 0 aliphatic heterocycles. The third-order valence-corrected chi connectivity index (χ3v) is 3.22. The van der Waals surface area contributed by atoms with Gasteiger partial charge in [0.2, 0.25) is 0 Å². The topological polar surface area (TPSA) is 12.9 Å². The Kier molecular flexibility index (Phi) is 3.33. The Labute approximate surface area is 107 Å². The minimum absolute atomic E-state index is 0.288. The summed E-state index contributed by atoms with van der Waals surface area (Å²) in [5.74, 6) is -0.417. The van der Waals surface area contributed by atoms with Crippen LogP contribution in [0.1, 0.15) is 0 Å². The van der Waals surface area contributed by atoms with Crippen LogP contribution in [0.5, 0.6) is 0 Å². The predicted octanol–water partition coefficient (Wildman–Crippen LogP) is 4.85. The van der Waals surface area contributed by atoms with Crippen molar-refractivity contribution in [2.45, 2.75) is 0 Å². The molecule has 1 nitrogen and oxygen atoms in total. The van der Waals surface area contributed by atoms with Gasteiger partial charge in [0.25, 0.3) is 0 Å². The van der Waals surface area contributed by atoms with E-state index in [0.29, 0.717) is 21.2 Å². The zero-order valence-corrected chi connectivity index (χ0v) is 10.1. The minimum Gasteiger partial charge on any atom is -0.261 e. The molecule has 0 aliphatic rings. The number of hydrogen-bond donors (Lipinski definition) is 0. The lowest BCUT2D eigenvalue weighted by atomic mass is 10.1. The van der Waals surface area contributed by atoms with Gasteiger partial charge in [-0.1, -0.05) is 34.8 Å². The first kappa shape index (κ1) is 11.6. The van der Waals surface area contributed by atoms with Gasteiger partial charge in [-0.3, -0.25) is 4.98 Å². The normalized spacial score (nSPS) is 10.5. The maximum atomic E-state index is 13.0. The lowest BCUT2D eigenvalue weighted by molar-refractivity contribution is 0.622. The van der Waals surface area contributed by atoms with Crippen molar-refractivity contribution in [1.29, 1.82) is 0 Å².